The molecule has 3 aliphatic heterocycles. The number of amides is 1. The zero-order valence-electron chi connectivity index (χ0n) is 9.65. The summed E-state index contributed by atoms with van der Waals surface area (Å²) < 4.78 is 0. The first-order chi connectivity index (χ1) is 7.83. The number of fused-ring (bicyclic) bond motifs is 2. The lowest BCUT2D eigenvalue weighted by molar-refractivity contribution is -0.134. The van der Waals surface area contributed by atoms with E-state index in [1.807, 2.05) is 11.8 Å². The van der Waals surface area contributed by atoms with E-state index < -0.39 is 0 Å². The first-order valence-electron chi connectivity index (χ1n) is 6.45. The summed E-state index contributed by atoms with van der Waals surface area (Å²) >= 11 is 1.93. The van der Waals surface area contributed by atoms with E-state index in [2.05, 4.69) is 10.2 Å². The van der Waals surface area contributed by atoms with Crippen LogP contribution < -0.4 is 5.32 Å². The Kier molecular flexibility index (Phi) is 3.11. The van der Waals surface area contributed by atoms with Crippen LogP contribution in [0.25, 0.3) is 0 Å². The first kappa shape index (κ1) is 10.9. The van der Waals surface area contributed by atoms with Crippen LogP contribution in [0.4, 0.5) is 0 Å². The molecule has 0 aromatic carbocycles. The minimum absolute atomic E-state index is 0.321. The molecule has 0 saturated carbocycles. The van der Waals surface area contributed by atoms with Gasteiger partial charge in [0.2, 0.25) is 5.91 Å². The van der Waals surface area contributed by atoms with Crippen molar-refractivity contribution in [3.05, 3.63) is 0 Å². The van der Waals surface area contributed by atoms with E-state index in [4.69, 9.17) is 0 Å². The van der Waals surface area contributed by atoms with Gasteiger partial charge < -0.3 is 10.2 Å². The third-order valence-corrected chi connectivity index (χ3v) is 5.28. The van der Waals surface area contributed by atoms with Gasteiger partial charge in [0.1, 0.15) is 0 Å². The predicted octanol–water partition coefficient (Wildman–Crippen LogP) is 1.09. The topological polar surface area (TPSA) is 32.3 Å². The van der Waals surface area contributed by atoms with Gasteiger partial charge in [0, 0.05) is 36.8 Å². The molecule has 3 rings (SSSR count). The largest absolute Gasteiger partial charge is 0.341 e. The SMILES string of the molecule is O=C(C1CCSC1)N1CCC2CCC(C1)N2. The lowest BCUT2D eigenvalue weighted by Crippen LogP contribution is -2.42. The third kappa shape index (κ3) is 2.09. The standard InChI is InChI=1S/C12H20N2OS/c15-12(9-4-6-16-8-9)14-5-3-10-1-2-11(7-14)13-10/h9-11,13H,1-8H2. The predicted molar refractivity (Wildman–Crippen MR) is 66.6 cm³/mol. The van der Waals surface area contributed by atoms with Crippen LogP contribution in [0.5, 0.6) is 0 Å². The number of hydrogen-bond acceptors (Lipinski definition) is 3. The van der Waals surface area contributed by atoms with Gasteiger partial charge in [0.15, 0.2) is 0 Å². The fourth-order valence-corrected chi connectivity index (χ4v) is 4.34. The van der Waals surface area contributed by atoms with Gasteiger partial charge in [-0.1, -0.05) is 0 Å². The molecule has 3 aliphatic rings. The molecular formula is C12H20N2OS. The highest BCUT2D eigenvalue weighted by molar-refractivity contribution is 7.99. The summed E-state index contributed by atoms with van der Waals surface area (Å²) in [6.07, 6.45) is 4.82. The molecule has 0 aromatic heterocycles. The highest BCUT2D eigenvalue weighted by Crippen LogP contribution is 2.27. The Balaban J connectivity index is 1.63. The van der Waals surface area contributed by atoms with Crippen LogP contribution >= 0.6 is 11.8 Å². The van der Waals surface area contributed by atoms with E-state index >= 15 is 0 Å². The van der Waals surface area contributed by atoms with Gasteiger partial charge in [-0.15, -0.1) is 0 Å². The van der Waals surface area contributed by atoms with Crippen LogP contribution in [-0.2, 0) is 4.79 Å². The molecule has 3 nitrogen and oxygen atoms in total. The van der Waals surface area contributed by atoms with Crippen molar-refractivity contribution in [2.24, 2.45) is 5.92 Å². The molecule has 3 unspecified atom stereocenters. The molecule has 3 fully saturated rings. The van der Waals surface area contributed by atoms with Crippen LogP contribution in [0.3, 0.4) is 0 Å². The summed E-state index contributed by atoms with van der Waals surface area (Å²) in [7, 11) is 0. The lowest BCUT2D eigenvalue weighted by atomic mass is 10.0. The van der Waals surface area contributed by atoms with Gasteiger partial charge in [-0.2, -0.15) is 11.8 Å². The second-order valence-corrected chi connectivity index (χ2v) is 6.42. The molecule has 1 amide bonds. The Hall–Kier alpha value is -0.220. The molecular weight excluding hydrogens is 220 g/mol. The van der Waals surface area contributed by atoms with Crippen molar-refractivity contribution < 1.29 is 4.79 Å². The van der Waals surface area contributed by atoms with Gasteiger partial charge in [-0.3, -0.25) is 4.79 Å². The summed E-state index contributed by atoms with van der Waals surface area (Å²) in [5, 5.41) is 3.63. The van der Waals surface area contributed by atoms with Gasteiger partial charge >= 0.3 is 0 Å². The molecule has 0 aromatic rings. The summed E-state index contributed by atoms with van der Waals surface area (Å²) in [5.74, 6) is 2.98. The molecule has 0 radical (unpaired) electrons. The molecule has 1 N–H and O–H groups in total. The lowest BCUT2D eigenvalue weighted by Gasteiger charge is -2.26. The zero-order valence-corrected chi connectivity index (χ0v) is 10.5. The van der Waals surface area contributed by atoms with Crippen LogP contribution in [-0.4, -0.2) is 47.5 Å². The van der Waals surface area contributed by atoms with Gasteiger partial charge in [-0.05, 0) is 31.4 Å². The quantitative estimate of drug-likeness (QED) is 0.745. The number of nitrogens with one attached hydrogen (secondary N) is 1. The Morgan fingerprint density at radius 1 is 1.19 bits per heavy atom. The first-order valence-corrected chi connectivity index (χ1v) is 7.61. The fraction of sp³-hybridized carbons (Fsp3) is 0.917. The average molecular weight is 240 g/mol. The van der Waals surface area contributed by atoms with Gasteiger partial charge in [0.05, 0.1) is 0 Å². The minimum Gasteiger partial charge on any atom is -0.341 e. The molecule has 90 valence electrons. The number of hydrogen-bond donors (Lipinski definition) is 1. The number of carbonyl (C=O) groups excluding carboxylic acids is 1. The van der Waals surface area contributed by atoms with Crippen LogP contribution in [0, 0.1) is 5.92 Å². The van der Waals surface area contributed by atoms with E-state index in [1.54, 1.807) is 0 Å². The number of likely N-dealkylation sites (tertiary alicyclic amines) is 1. The summed E-state index contributed by atoms with van der Waals surface area (Å²) in [5.41, 5.74) is 0. The Morgan fingerprint density at radius 2 is 2.06 bits per heavy atom. The van der Waals surface area contributed by atoms with Crippen molar-refractivity contribution in [2.75, 3.05) is 24.6 Å². The number of nitrogens with zero attached hydrogens (tertiary/aromatic N) is 1. The van der Waals surface area contributed by atoms with Crippen molar-refractivity contribution in [1.82, 2.24) is 10.2 Å². The summed E-state index contributed by atoms with van der Waals surface area (Å²) in [6.45, 7) is 1.94. The average Bonchev–Trinajstić information content (AvgIpc) is 2.87. The zero-order chi connectivity index (χ0) is 11.0. The smallest absolute Gasteiger partial charge is 0.226 e. The Labute approximate surface area is 101 Å². The Morgan fingerprint density at radius 3 is 2.88 bits per heavy atom. The third-order valence-electron chi connectivity index (χ3n) is 4.11. The van der Waals surface area contributed by atoms with Crippen LogP contribution in [0.1, 0.15) is 25.7 Å². The van der Waals surface area contributed by atoms with Crippen molar-refractivity contribution in [3.8, 4) is 0 Å². The molecule has 3 saturated heterocycles. The summed E-state index contributed by atoms with van der Waals surface area (Å²) in [6, 6.07) is 1.26. The second kappa shape index (κ2) is 4.57. The normalized spacial score (nSPS) is 38.8. The maximum Gasteiger partial charge on any atom is 0.226 e. The van der Waals surface area contributed by atoms with E-state index in [0.717, 1.165) is 31.7 Å². The molecule has 3 atom stereocenters. The van der Waals surface area contributed by atoms with E-state index in [0.29, 0.717) is 23.9 Å². The van der Waals surface area contributed by atoms with Crippen molar-refractivity contribution in [2.45, 2.75) is 37.8 Å². The van der Waals surface area contributed by atoms with E-state index in [1.165, 1.54) is 18.6 Å². The van der Waals surface area contributed by atoms with Crippen LogP contribution in [0.15, 0.2) is 0 Å². The number of carbonyl (C=O) groups is 1. The molecule has 2 bridgehead atoms. The molecule has 0 spiro atoms. The van der Waals surface area contributed by atoms with E-state index in [-0.39, 0.29) is 0 Å². The fourth-order valence-electron chi connectivity index (χ4n) is 3.13. The highest BCUT2D eigenvalue weighted by atomic mass is 32.2. The minimum atomic E-state index is 0.321. The van der Waals surface area contributed by atoms with E-state index in [9.17, 15) is 4.79 Å². The van der Waals surface area contributed by atoms with Gasteiger partial charge in [-0.25, -0.2) is 0 Å². The van der Waals surface area contributed by atoms with Crippen molar-refractivity contribution in [3.63, 3.8) is 0 Å². The van der Waals surface area contributed by atoms with Crippen LogP contribution in [0.2, 0.25) is 0 Å². The maximum absolute atomic E-state index is 12.3. The van der Waals surface area contributed by atoms with Crippen molar-refractivity contribution >= 4 is 17.7 Å². The molecule has 0 aliphatic carbocycles. The number of thioether (sulfide) groups is 1. The molecule has 4 heteroatoms. The molecule has 16 heavy (non-hydrogen) atoms. The molecule has 3 heterocycles. The highest BCUT2D eigenvalue weighted by Gasteiger charge is 2.34. The number of rotatable bonds is 1. The Bertz CT molecular complexity index is 278. The summed E-state index contributed by atoms with van der Waals surface area (Å²) in [4.78, 5) is 14.4. The maximum atomic E-state index is 12.3. The van der Waals surface area contributed by atoms with Crippen molar-refractivity contribution in [1.29, 1.82) is 0 Å². The second-order valence-electron chi connectivity index (χ2n) is 5.27. The van der Waals surface area contributed by atoms with Gasteiger partial charge in [0.25, 0.3) is 0 Å². The monoisotopic (exact) mass is 240 g/mol.